The van der Waals surface area contributed by atoms with Crippen LogP contribution in [-0.4, -0.2) is 53.4 Å². The first-order valence-electron chi connectivity index (χ1n) is 7.97. The van der Waals surface area contributed by atoms with Crippen LogP contribution in [0.5, 0.6) is 0 Å². The van der Waals surface area contributed by atoms with Crippen molar-refractivity contribution in [1.29, 1.82) is 0 Å². The Hall–Kier alpha value is -0.980. The highest BCUT2D eigenvalue weighted by molar-refractivity contribution is 4.94. The minimum Gasteiger partial charge on any atom is -0.367 e. The Kier molecular flexibility index (Phi) is 6.14. The molecule has 1 aliphatic rings. The van der Waals surface area contributed by atoms with Gasteiger partial charge in [0, 0.05) is 31.6 Å². The lowest BCUT2D eigenvalue weighted by atomic mass is 10.2. The molecule has 21 heavy (non-hydrogen) atoms. The summed E-state index contributed by atoms with van der Waals surface area (Å²) in [6, 6.07) is 1.03. The third-order valence-electron chi connectivity index (χ3n) is 3.72. The Balaban J connectivity index is 1.82. The highest BCUT2D eigenvalue weighted by Crippen LogP contribution is 2.21. The quantitative estimate of drug-likeness (QED) is 0.774. The monoisotopic (exact) mass is 296 g/mol. The molecule has 0 aromatic carbocycles. The zero-order chi connectivity index (χ0) is 15.2. The van der Waals surface area contributed by atoms with Crippen LogP contribution in [0.4, 0.5) is 0 Å². The molecule has 6 nitrogen and oxygen atoms in total. The predicted molar refractivity (Wildman–Crippen MR) is 81.2 cm³/mol. The number of hydrogen-bond donors (Lipinski definition) is 1. The van der Waals surface area contributed by atoms with E-state index in [4.69, 9.17) is 9.26 Å². The van der Waals surface area contributed by atoms with Gasteiger partial charge < -0.3 is 14.6 Å². The first-order chi connectivity index (χ1) is 10.1. The largest absolute Gasteiger partial charge is 0.367 e. The van der Waals surface area contributed by atoms with Crippen molar-refractivity contribution in [2.75, 3.05) is 26.2 Å². The first kappa shape index (κ1) is 16.4. The van der Waals surface area contributed by atoms with Crippen LogP contribution in [-0.2, 0) is 11.2 Å². The molecule has 2 rings (SSSR count). The lowest BCUT2D eigenvalue weighted by Crippen LogP contribution is -2.42. The van der Waals surface area contributed by atoms with E-state index in [1.807, 2.05) is 0 Å². The lowest BCUT2D eigenvalue weighted by Gasteiger charge is -2.34. The molecule has 1 saturated heterocycles. The summed E-state index contributed by atoms with van der Waals surface area (Å²) in [6.45, 7) is 12.2. The second kappa shape index (κ2) is 7.87. The zero-order valence-corrected chi connectivity index (χ0v) is 13.6. The second-order valence-electron chi connectivity index (χ2n) is 6.21. The Morgan fingerprint density at radius 3 is 2.86 bits per heavy atom. The maximum absolute atomic E-state index is 5.78. The summed E-state index contributed by atoms with van der Waals surface area (Å²) >= 11 is 0. The van der Waals surface area contributed by atoms with Crippen LogP contribution in [0.2, 0.25) is 0 Å². The Morgan fingerprint density at radius 2 is 2.14 bits per heavy atom. The van der Waals surface area contributed by atoms with Crippen molar-refractivity contribution < 1.29 is 9.26 Å². The third kappa shape index (κ3) is 5.05. The number of nitrogens with one attached hydrogen (secondary N) is 1. The smallest absolute Gasteiger partial charge is 0.226 e. The van der Waals surface area contributed by atoms with Gasteiger partial charge >= 0.3 is 0 Å². The van der Waals surface area contributed by atoms with Crippen molar-refractivity contribution >= 4 is 0 Å². The number of rotatable bonds is 7. The predicted octanol–water partition coefficient (Wildman–Crippen LogP) is 1.78. The van der Waals surface area contributed by atoms with Crippen molar-refractivity contribution in [3.8, 4) is 0 Å². The van der Waals surface area contributed by atoms with E-state index in [1.54, 1.807) is 0 Å². The standard InChI is InChI=1S/C15H28N4O2/c1-11(2)16-7-5-6-14-17-15(18-21-14)13-10-19(12(3)4)8-9-20-13/h11-13,16H,5-10H2,1-4H3. The molecule has 0 amide bonds. The van der Waals surface area contributed by atoms with Crippen molar-refractivity contribution in [3.63, 3.8) is 0 Å². The number of aryl methyl sites for hydroxylation is 1. The molecule has 1 aliphatic heterocycles. The van der Waals surface area contributed by atoms with Gasteiger partial charge in [-0.25, -0.2) is 0 Å². The highest BCUT2D eigenvalue weighted by atomic mass is 16.5. The molecular weight excluding hydrogens is 268 g/mol. The summed E-state index contributed by atoms with van der Waals surface area (Å²) in [6.07, 6.45) is 1.75. The van der Waals surface area contributed by atoms with Crippen LogP contribution in [0.25, 0.3) is 0 Å². The molecule has 1 atom stereocenters. The molecule has 0 bridgehead atoms. The molecule has 0 aliphatic carbocycles. The fourth-order valence-electron chi connectivity index (χ4n) is 2.43. The fourth-order valence-corrected chi connectivity index (χ4v) is 2.43. The number of aromatic nitrogens is 2. The van der Waals surface area contributed by atoms with E-state index in [0.717, 1.165) is 39.1 Å². The number of morpholine rings is 1. The van der Waals surface area contributed by atoms with Crippen LogP contribution >= 0.6 is 0 Å². The summed E-state index contributed by atoms with van der Waals surface area (Å²) in [7, 11) is 0. The van der Waals surface area contributed by atoms with Crippen LogP contribution in [0.3, 0.4) is 0 Å². The van der Waals surface area contributed by atoms with Gasteiger partial charge in [0.25, 0.3) is 0 Å². The second-order valence-corrected chi connectivity index (χ2v) is 6.21. The normalized spacial score (nSPS) is 20.6. The van der Waals surface area contributed by atoms with Gasteiger partial charge in [-0.3, -0.25) is 4.90 Å². The molecular formula is C15H28N4O2. The summed E-state index contributed by atoms with van der Waals surface area (Å²) in [5, 5.41) is 7.47. The summed E-state index contributed by atoms with van der Waals surface area (Å²) in [5.74, 6) is 1.40. The van der Waals surface area contributed by atoms with Gasteiger partial charge in [0.15, 0.2) is 0 Å². The maximum Gasteiger partial charge on any atom is 0.226 e. The van der Waals surface area contributed by atoms with Crippen molar-refractivity contribution in [2.24, 2.45) is 0 Å². The van der Waals surface area contributed by atoms with E-state index >= 15 is 0 Å². The molecule has 2 heterocycles. The van der Waals surface area contributed by atoms with Crippen molar-refractivity contribution in [1.82, 2.24) is 20.4 Å². The summed E-state index contributed by atoms with van der Waals surface area (Å²) < 4.78 is 11.1. The van der Waals surface area contributed by atoms with Crippen molar-refractivity contribution in [3.05, 3.63) is 11.7 Å². The van der Waals surface area contributed by atoms with Gasteiger partial charge in [0.2, 0.25) is 11.7 Å². The highest BCUT2D eigenvalue weighted by Gasteiger charge is 2.27. The topological polar surface area (TPSA) is 63.4 Å². The van der Waals surface area contributed by atoms with Crippen LogP contribution < -0.4 is 5.32 Å². The molecule has 1 aromatic heterocycles. The van der Waals surface area contributed by atoms with Gasteiger partial charge in [-0.2, -0.15) is 4.98 Å². The minimum atomic E-state index is -0.0626. The molecule has 120 valence electrons. The fraction of sp³-hybridized carbons (Fsp3) is 0.867. The van der Waals surface area contributed by atoms with Gasteiger partial charge in [0.1, 0.15) is 6.10 Å². The van der Waals surface area contributed by atoms with Crippen molar-refractivity contribution in [2.45, 2.75) is 58.7 Å². The zero-order valence-electron chi connectivity index (χ0n) is 13.6. The molecule has 0 saturated carbocycles. The molecule has 1 unspecified atom stereocenters. The van der Waals surface area contributed by atoms with E-state index in [2.05, 4.69) is 48.1 Å². The van der Waals surface area contributed by atoms with E-state index in [-0.39, 0.29) is 6.10 Å². The summed E-state index contributed by atoms with van der Waals surface area (Å²) in [4.78, 5) is 6.87. The number of hydrogen-bond acceptors (Lipinski definition) is 6. The molecule has 1 N–H and O–H groups in total. The van der Waals surface area contributed by atoms with Crippen LogP contribution in [0.1, 0.15) is 51.9 Å². The van der Waals surface area contributed by atoms with E-state index < -0.39 is 0 Å². The van der Waals surface area contributed by atoms with Gasteiger partial charge in [-0.1, -0.05) is 19.0 Å². The lowest BCUT2D eigenvalue weighted by molar-refractivity contribution is -0.0450. The molecule has 1 aromatic rings. The van der Waals surface area contributed by atoms with Gasteiger partial charge in [-0.05, 0) is 26.8 Å². The average molecular weight is 296 g/mol. The van der Waals surface area contributed by atoms with E-state index in [9.17, 15) is 0 Å². The van der Waals surface area contributed by atoms with Crippen LogP contribution in [0, 0.1) is 0 Å². The van der Waals surface area contributed by atoms with Gasteiger partial charge in [-0.15, -0.1) is 0 Å². The molecule has 6 heteroatoms. The van der Waals surface area contributed by atoms with E-state index in [1.165, 1.54) is 0 Å². The molecule has 1 fully saturated rings. The summed E-state index contributed by atoms with van der Waals surface area (Å²) in [5.41, 5.74) is 0. The number of nitrogens with zero attached hydrogens (tertiary/aromatic N) is 3. The van der Waals surface area contributed by atoms with E-state index in [0.29, 0.717) is 23.8 Å². The minimum absolute atomic E-state index is 0.0626. The first-order valence-corrected chi connectivity index (χ1v) is 7.97. The van der Waals surface area contributed by atoms with Crippen LogP contribution in [0.15, 0.2) is 4.52 Å². The molecule has 0 radical (unpaired) electrons. The molecule has 0 spiro atoms. The third-order valence-corrected chi connectivity index (χ3v) is 3.72. The number of ether oxygens (including phenoxy) is 1. The SMILES string of the molecule is CC(C)NCCCc1nc(C2CN(C(C)C)CCO2)no1. The Labute approximate surface area is 127 Å². The van der Waals surface area contributed by atoms with Gasteiger partial charge in [0.05, 0.1) is 6.61 Å². The Morgan fingerprint density at radius 1 is 1.33 bits per heavy atom. The Bertz CT molecular complexity index is 420. The maximum atomic E-state index is 5.78. The average Bonchev–Trinajstić information content (AvgIpc) is 2.92.